The number of ether oxygens (including phenoxy) is 2. The van der Waals surface area contributed by atoms with Gasteiger partial charge in [0.25, 0.3) is 0 Å². The number of hydrogen-bond acceptors (Lipinski definition) is 3. The van der Waals surface area contributed by atoms with Gasteiger partial charge in [0.1, 0.15) is 5.75 Å². The molecule has 4 rings (SSSR count). The van der Waals surface area contributed by atoms with Crippen molar-refractivity contribution < 1.29 is 9.47 Å². The largest absolute Gasteiger partial charge is 0.496 e. The highest BCUT2D eigenvalue weighted by atomic mass is 16.5. The Kier molecular flexibility index (Phi) is 5.31. The molecule has 1 aromatic carbocycles. The number of aliphatic imine (C=N–C) groups is 1. The normalized spacial score (nSPS) is 28.7. The lowest BCUT2D eigenvalue weighted by Gasteiger charge is -2.57. The van der Waals surface area contributed by atoms with Gasteiger partial charge in [-0.15, -0.1) is 0 Å². The summed E-state index contributed by atoms with van der Waals surface area (Å²) >= 11 is 0. The molecule has 27 heavy (non-hydrogen) atoms. The number of nitrogens with zero attached hydrogens (tertiary/aromatic N) is 1. The third-order valence-corrected chi connectivity index (χ3v) is 6.98. The van der Waals surface area contributed by atoms with Crippen molar-refractivity contribution in [1.29, 1.82) is 0 Å². The van der Waals surface area contributed by atoms with E-state index in [0.717, 1.165) is 31.3 Å². The summed E-state index contributed by atoms with van der Waals surface area (Å²) in [5.41, 5.74) is 2.80. The summed E-state index contributed by atoms with van der Waals surface area (Å²) in [7, 11) is 3.60. The van der Waals surface area contributed by atoms with Crippen LogP contribution in [0.25, 0.3) is 0 Å². The predicted molar refractivity (Wildman–Crippen MR) is 108 cm³/mol. The molecule has 2 aliphatic carbocycles. The van der Waals surface area contributed by atoms with E-state index in [4.69, 9.17) is 9.47 Å². The monoisotopic (exact) mass is 371 g/mol. The first-order valence-electron chi connectivity index (χ1n) is 10.4. The fourth-order valence-corrected chi connectivity index (χ4v) is 5.59. The molecule has 5 heteroatoms. The fraction of sp³-hybridized carbons (Fsp3) is 0.682. The molecule has 0 bridgehead atoms. The summed E-state index contributed by atoms with van der Waals surface area (Å²) in [5, 5.41) is 7.27. The van der Waals surface area contributed by atoms with E-state index in [1.54, 1.807) is 7.11 Å². The van der Waals surface area contributed by atoms with E-state index in [-0.39, 0.29) is 0 Å². The van der Waals surface area contributed by atoms with Gasteiger partial charge in [-0.3, -0.25) is 4.99 Å². The van der Waals surface area contributed by atoms with Gasteiger partial charge in [-0.2, -0.15) is 0 Å². The summed E-state index contributed by atoms with van der Waals surface area (Å²) in [6.45, 7) is 3.86. The van der Waals surface area contributed by atoms with Gasteiger partial charge in [0.05, 0.1) is 13.2 Å². The Bertz CT molecular complexity index is 697. The van der Waals surface area contributed by atoms with E-state index in [0.29, 0.717) is 23.5 Å². The molecule has 1 aliphatic heterocycles. The maximum atomic E-state index is 6.09. The van der Waals surface area contributed by atoms with Gasteiger partial charge in [0.2, 0.25) is 0 Å². The molecule has 0 radical (unpaired) electrons. The topological polar surface area (TPSA) is 54.9 Å². The van der Waals surface area contributed by atoms with E-state index in [1.807, 2.05) is 7.05 Å². The second-order valence-electron chi connectivity index (χ2n) is 8.36. The molecule has 3 unspecified atom stereocenters. The highest BCUT2D eigenvalue weighted by Crippen LogP contribution is 2.60. The Hall–Kier alpha value is -1.75. The van der Waals surface area contributed by atoms with Crippen LogP contribution in [0.1, 0.15) is 43.2 Å². The van der Waals surface area contributed by atoms with Crippen LogP contribution in [0.5, 0.6) is 5.75 Å². The highest BCUT2D eigenvalue weighted by molar-refractivity contribution is 5.80. The zero-order valence-electron chi connectivity index (χ0n) is 16.9. The van der Waals surface area contributed by atoms with Gasteiger partial charge in [-0.1, -0.05) is 25.0 Å². The van der Waals surface area contributed by atoms with Gasteiger partial charge in [-0.25, -0.2) is 0 Å². The van der Waals surface area contributed by atoms with Crippen LogP contribution in [0.4, 0.5) is 0 Å². The Morgan fingerprint density at radius 3 is 2.89 bits per heavy atom. The first-order valence-corrected chi connectivity index (χ1v) is 10.4. The Balaban J connectivity index is 1.33. The number of hydrogen-bond donors (Lipinski definition) is 2. The lowest BCUT2D eigenvalue weighted by atomic mass is 9.54. The number of rotatable bonds is 5. The molecule has 1 heterocycles. The van der Waals surface area contributed by atoms with Crippen LogP contribution >= 0.6 is 0 Å². The highest BCUT2D eigenvalue weighted by Gasteiger charge is 2.65. The van der Waals surface area contributed by atoms with Crippen molar-refractivity contribution in [1.82, 2.24) is 10.6 Å². The lowest BCUT2D eigenvalue weighted by molar-refractivity contribution is -0.125. The predicted octanol–water partition coefficient (Wildman–Crippen LogP) is 3.06. The molecule has 3 atom stereocenters. The smallest absolute Gasteiger partial charge is 0.191 e. The van der Waals surface area contributed by atoms with Crippen molar-refractivity contribution in [2.24, 2.45) is 16.3 Å². The summed E-state index contributed by atoms with van der Waals surface area (Å²) in [6, 6.07) is 6.95. The zero-order chi connectivity index (χ0) is 18.9. The first-order chi connectivity index (χ1) is 13.2. The van der Waals surface area contributed by atoms with Crippen LogP contribution in [0, 0.1) is 18.3 Å². The summed E-state index contributed by atoms with van der Waals surface area (Å²) < 4.78 is 11.5. The maximum Gasteiger partial charge on any atom is 0.191 e. The molecule has 0 amide bonds. The summed E-state index contributed by atoms with van der Waals surface area (Å²) in [4.78, 5) is 4.49. The average Bonchev–Trinajstić information content (AvgIpc) is 3.34. The number of fused-ring (bicyclic) bond motifs is 2. The second-order valence-corrected chi connectivity index (χ2v) is 8.36. The molecule has 5 nitrogen and oxygen atoms in total. The minimum Gasteiger partial charge on any atom is -0.496 e. The molecular weight excluding hydrogens is 338 g/mol. The number of methoxy groups -OCH3 is 1. The minimum absolute atomic E-state index is 0.350. The van der Waals surface area contributed by atoms with Gasteiger partial charge in [0, 0.05) is 37.6 Å². The standard InChI is InChI=1S/C22H33N3O2/c1-15-6-7-16(14-18(15)26-3)8-12-24-21(23-2)25-19-17-9-13-27-20(17)22(19)10-4-5-11-22/h6-7,14,17,19-20H,4-5,8-13H2,1-3H3,(H2,23,24,25). The van der Waals surface area contributed by atoms with Gasteiger partial charge in [0.15, 0.2) is 5.96 Å². The maximum absolute atomic E-state index is 6.09. The van der Waals surface area contributed by atoms with Crippen LogP contribution in [0.2, 0.25) is 0 Å². The average molecular weight is 372 g/mol. The van der Waals surface area contributed by atoms with E-state index >= 15 is 0 Å². The molecular formula is C22H33N3O2. The van der Waals surface area contributed by atoms with Crippen molar-refractivity contribution in [3.8, 4) is 5.75 Å². The number of aryl methyl sites for hydroxylation is 1. The Morgan fingerprint density at radius 2 is 2.15 bits per heavy atom. The molecule has 1 saturated heterocycles. The quantitative estimate of drug-likeness (QED) is 0.617. The van der Waals surface area contributed by atoms with Crippen molar-refractivity contribution >= 4 is 5.96 Å². The molecule has 1 aromatic rings. The van der Waals surface area contributed by atoms with Gasteiger partial charge < -0.3 is 20.1 Å². The van der Waals surface area contributed by atoms with E-state index in [1.165, 1.54) is 43.2 Å². The zero-order valence-corrected chi connectivity index (χ0v) is 16.9. The molecule has 148 valence electrons. The van der Waals surface area contributed by atoms with Crippen molar-refractivity contribution in [2.75, 3.05) is 27.3 Å². The third-order valence-electron chi connectivity index (χ3n) is 6.98. The molecule has 0 aromatic heterocycles. The summed E-state index contributed by atoms with van der Waals surface area (Å²) in [5.74, 6) is 2.54. The summed E-state index contributed by atoms with van der Waals surface area (Å²) in [6.07, 6.45) is 7.89. The number of nitrogens with one attached hydrogen (secondary N) is 2. The molecule has 3 fully saturated rings. The van der Waals surface area contributed by atoms with Crippen LogP contribution in [0.3, 0.4) is 0 Å². The van der Waals surface area contributed by atoms with Crippen LogP contribution in [-0.2, 0) is 11.2 Å². The van der Waals surface area contributed by atoms with Crippen molar-refractivity contribution in [2.45, 2.75) is 57.6 Å². The number of benzene rings is 1. The Labute approximate surface area is 162 Å². The fourth-order valence-electron chi connectivity index (χ4n) is 5.59. The van der Waals surface area contributed by atoms with Crippen molar-refractivity contribution in [3.05, 3.63) is 29.3 Å². The third kappa shape index (κ3) is 3.31. The number of guanidine groups is 1. The van der Waals surface area contributed by atoms with Gasteiger partial charge >= 0.3 is 0 Å². The van der Waals surface area contributed by atoms with Crippen LogP contribution < -0.4 is 15.4 Å². The van der Waals surface area contributed by atoms with E-state index < -0.39 is 0 Å². The molecule has 1 spiro atoms. The SMILES string of the molecule is CN=C(NCCc1ccc(C)c(OC)c1)NC1C2CCOC2C12CCCC2. The van der Waals surface area contributed by atoms with Crippen molar-refractivity contribution in [3.63, 3.8) is 0 Å². The lowest BCUT2D eigenvalue weighted by Crippen LogP contribution is -2.69. The Morgan fingerprint density at radius 1 is 1.33 bits per heavy atom. The van der Waals surface area contributed by atoms with E-state index in [2.05, 4.69) is 40.7 Å². The van der Waals surface area contributed by atoms with Crippen LogP contribution in [0.15, 0.2) is 23.2 Å². The second kappa shape index (κ2) is 7.70. The molecule has 2 saturated carbocycles. The van der Waals surface area contributed by atoms with Gasteiger partial charge in [-0.05, 0) is 49.8 Å². The van der Waals surface area contributed by atoms with E-state index in [9.17, 15) is 0 Å². The minimum atomic E-state index is 0.350. The molecule has 2 N–H and O–H groups in total. The molecule has 3 aliphatic rings. The first kappa shape index (κ1) is 18.6. The van der Waals surface area contributed by atoms with Crippen LogP contribution in [-0.4, -0.2) is 45.4 Å².